The standard InChI is InChI=1S/C21H19ClN4OS2/c1-12-5-4-6-19(13(12)2)26(14(3)27)21-23-16(11-29-21)10-28-20-24-17-8-7-15(22)9-18(17)25-20/h4-9,11H,10H2,1-3H3,(H,24,25). The summed E-state index contributed by atoms with van der Waals surface area (Å²) in [4.78, 5) is 26.6. The number of imidazole rings is 1. The van der Waals surface area contributed by atoms with Crippen molar-refractivity contribution < 1.29 is 4.79 Å². The van der Waals surface area contributed by atoms with E-state index in [9.17, 15) is 4.79 Å². The third-order valence-electron chi connectivity index (χ3n) is 4.64. The lowest BCUT2D eigenvalue weighted by Crippen LogP contribution is -2.23. The normalized spacial score (nSPS) is 11.2. The first-order valence-corrected chi connectivity index (χ1v) is 11.3. The van der Waals surface area contributed by atoms with Gasteiger partial charge in [0, 0.05) is 23.1 Å². The van der Waals surface area contributed by atoms with Crippen LogP contribution in [0.2, 0.25) is 5.02 Å². The van der Waals surface area contributed by atoms with E-state index in [2.05, 4.69) is 9.97 Å². The Bertz CT molecular complexity index is 1200. The zero-order valence-electron chi connectivity index (χ0n) is 16.2. The highest BCUT2D eigenvalue weighted by Gasteiger charge is 2.20. The van der Waals surface area contributed by atoms with Crippen molar-refractivity contribution in [2.24, 2.45) is 0 Å². The Labute approximate surface area is 182 Å². The second-order valence-corrected chi connectivity index (χ2v) is 8.92. The molecule has 29 heavy (non-hydrogen) atoms. The average molecular weight is 443 g/mol. The van der Waals surface area contributed by atoms with Crippen LogP contribution in [0.5, 0.6) is 0 Å². The summed E-state index contributed by atoms with van der Waals surface area (Å²) < 4.78 is 0. The van der Waals surface area contributed by atoms with Crippen molar-refractivity contribution >= 4 is 62.5 Å². The zero-order chi connectivity index (χ0) is 20.5. The maximum absolute atomic E-state index is 12.4. The second-order valence-electron chi connectivity index (χ2n) is 6.69. The molecule has 0 saturated carbocycles. The Morgan fingerprint density at radius 1 is 1.24 bits per heavy atom. The number of H-pyrrole nitrogens is 1. The number of aryl methyl sites for hydroxylation is 1. The first-order chi connectivity index (χ1) is 13.9. The molecule has 0 atom stereocenters. The van der Waals surface area contributed by atoms with Gasteiger partial charge < -0.3 is 4.98 Å². The van der Waals surface area contributed by atoms with Crippen LogP contribution in [0.25, 0.3) is 11.0 Å². The number of thioether (sulfide) groups is 1. The summed E-state index contributed by atoms with van der Waals surface area (Å²) in [5.41, 5.74) is 5.80. The molecule has 0 fully saturated rings. The molecule has 0 aliphatic carbocycles. The van der Waals surface area contributed by atoms with Gasteiger partial charge in [-0.2, -0.15) is 0 Å². The van der Waals surface area contributed by atoms with E-state index in [0.29, 0.717) is 15.9 Å². The van der Waals surface area contributed by atoms with Crippen molar-refractivity contribution in [3.63, 3.8) is 0 Å². The first kappa shape index (κ1) is 19.9. The zero-order valence-corrected chi connectivity index (χ0v) is 18.6. The fraction of sp³-hybridized carbons (Fsp3) is 0.190. The summed E-state index contributed by atoms with van der Waals surface area (Å²) in [6.07, 6.45) is 0. The smallest absolute Gasteiger partial charge is 0.230 e. The average Bonchev–Trinajstić information content (AvgIpc) is 3.29. The summed E-state index contributed by atoms with van der Waals surface area (Å²) >= 11 is 9.08. The molecule has 148 valence electrons. The lowest BCUT2D eigenvalue weighted by Gasteiger charge is -2.21. The number of hydrogen-bond donors (Lipinski definition) is 1. The summed E-state index contributed by atoms with van der Waals surface area (Å²) in [5.74, 6) is 0.601. The maximum atomic E-state index is 12.4. The number of hydrogen-bond acceptors (Lipinski definition) is 5. The highest BCUT2D eigenvalue weighted by Crippen LogP contribution is 2.33. The van der Waals surface area contributed by atoms with Crippen LogP contribution in [-0.4, -0.2) is 20.9 Å². The molecule has 8 heteroatoms. The number of carbonyl (C=O) groups is 1. The van der Waals surface area contributed by atoms with Crippen LogP contribution in [0.15, 0.2) is 46.9 Å². The van der Waals surface area contributed by atoms with Gasteiger partial charge in [0.1, 0.15) is 0 Å². The maximum Gasteiger partial charge on any atom is 0.230 e. The van der Waals surface area contributed by atoms with Gasteiger partial charge in [-0.15, -0.1) is 11.3 Å². The highest BCUT2D eigenvalue weighted by molar-refractivity contribution is 7.98. The van der Waals surface area contributed by atoms with Crippen LogP contribution >= 0.6 is 34.7 Å². The van der Waals surface area contributed by atoms with E-state index in [1.54, 1.807) is 23.6 Å². The van der Waals surface area contributed by atoms with Gasteiger partial charge >= 0.3 is 0 Å². The Hall–Kier alpha value is -2.35. The minimum absolute atomic E-state index is 0.0542. The van der Waals surface area contributed by atoms with E-state index < -0.39 is 0 Å². The van der Waals surface area contributed by atoms with Gasteiger partial charge in [-0.1, -0.05) is 35.5 Å². The van der Waals surface area contributed by atoms with Crippen LogP contribution in [0, 0.1) is 13.8 Å². The van der Waals surface area contributed by atoms with Gasteiger partial charge in [0.2, 0.25) is 5.91 Å². The molecule has 1 amide bonds. The van der Waals surface area contributed by atoms with E-state index in [1.165, 1.54) is 11.3 Å². The minimum atomic E-state index is -0.0542. The van der Waals surface area contributed by atoms with Gasteiger partial charge in [0.05, 0.1) is 22.4 Å². The van der Waals surface area contributed by atoms with Crippen LogP contribution in [0.3, 0.4) is 0 Å². The number of nitrogens with one attached hydrogen (secondary N) is 1. The van der Waals surface area contributed by atoms with Gasteiger partial charge in [-0.25, -0.2) is 9.97 Å². The fourth-order valence-corrected chi connectivity index (χ4v) is 4.95. The number of benzene rings is 2. The fourth-order valence-electron chi connectivity index (χ4n) is 3.02. The molecule has 0 aliphatic rings. The Kier molecular flexibility index (Phi) is 5.63. The predicted molar refractivity (Wildman–Crippen MR) is 122 cm³/mol. The van der Waals surface area contributed by atoms with Crippen LogP contribution in [0.4, 0.5) is 10.8 Å². The molecule has 1 N–H and O–H groups in total. The van der Waals surface area contributed by atoms with E-state index in [0.717, 1.165) is 38.7 Å². The number of fused-ring (bicyclic) bond motifs is 1. The van der Waals surface area contributed by atoms with Crippen molar-refractivity contribution in [3.05, 3.63) is 63.6 Å². The molecule has 0 unspecified atom stereocenters. The van der Waals surface area contributed by atoms with E-state index in [-0.39, 0.29) is 5.91 Å². The minimum Gasteiger partial charge on any atom is -0.333 e. The summed E-state index contributed by atoms with van der Waals surface area (Å²) in [5, 5.41) is 4.16. The van der Waals surface area contributed by atoms with Crippen LogP contribution in [0.1, 0.15) is 23.7 Å². The van der Waals surface area contributed by atoms with Crippen molar-refractivity contribution in [1.29, 1.82) is 0 Å². The largest absolute Gasteiger partial charge is 0.333 e. The lowest BCUT2D eigenvalue weighted by atomic mass is 10.1. The summed E-state index contributed by atoms with van der Waals surface area (Å²) in [6.45, 7) is 5.64. The molecule has 0 aliphatic heterocycles. The van der Waals surface area contributed by atoms with Gasteiger partial charge in [0.25, 0.3) is 0 Å². The Balaban J connectivity index is 1.54. The highest BCUT2D eigenvalue weighted by atomic mass is 35.5. The third kappa shape index (κ3) is 4.17. The van der Waals surface area contributed by atoms with Gasteiger partial charge in [-0.05, 0) is 49.2 Å². The Morgan fingerprint density at radius 2 is 2.07 bits per heavy atom. The molecule has 5 nitrogen and oxygen atoms in total. The number of thiazole rings is 1. The number of anilines is 2. The monoisotopic (exact) mass is 442 g/mol. The molecular formula is C21H19ClN4OS2. The molecule has 0 radical (unpaired) electrons. The first-order valence-electron chi connectivity index (χ1n) is 9.02. The van der Waals surface area contributed by atoms with E-state index >= 15 is 0 Å². The van der Waals surface area contributed by atoms with Crippen molar-refractivity contribution in [3.8, 4) is 0 Å². The lowest BCUT2D eigenvalue weighted by molar-refractivity contribution is -0.115. The van der Waals surface area contributed by atoms with E-state index in [4.69, 9.17) is 16.6 Å². The topological polar surface area (TPSA) is 61.9 Å². The van der Waals surface area contributed by atoms with E-state index in [1.807, 2.05) is 55.6 Å². The molecular weight excluding hydrogens is 424 g/mol. The van der Waals surface area contributed by atoms with Gasteiger partial charge in [-0.3, -0.25) is 9.69 Å². The molecule has 0 bridgehead atoms. The summed E-state index contributed by atoms with van der Waals surface area (Å²) in [7, 11) is 0. The number of carbonyl (C=O) groups excluding carboxylic acids is 1. The van der Waals surface area contributed by atoms with Crippen molar-refractivity contribution in [2.45, 2.75) is 31.7 Å². The molecule has 2 heterocycles. The summed E-state index contributed by atoms with van der Waals surface area (Å²) in [6, 6.07) is 11.6. The molecule has 2 aromatic heterocycles. The third-order valence-corrected chi connectivity index (χ3v) is 6.66. The Morgan fingerprint density at radius 3 is 2.86 bits per heavy atom. The van der Waals surface area contributed by atoms with Crippen molar-refractivity contribution in [2.75, 3.05) is 4.90 Å². The number of aromatic amines is 1. The SMILES string of the molecule is CC(=O)N(c1nc(CSc2nc3ccc(Cl)cc3[nH]2)cs1)c1cccc(C)c1C. The number of amides is 1. The molecule has 0 spiro atoms. The van der Waals surface area contributed by atoms with Crippen LogP contribution in [-0.2, 0) is 10.5 Å². The second kappa shape index (κ2) is 8.18. The predicted octanol–water partition coefficient (Wildman–Crippen LogP) is 6.27. The molecule has 4 rings (SSSR count). The number of halogens is 1. The van der Waals surface area contributed by atoms with Crippen LogP contribution < -0.4 is 4.90 Å². The number of nitrogens with zero attached hydrogens (tertiary/aromatic N) is 3. The molecule has 0 saturated heterocycles. The van der Waals surface area contributed by atoms with Gasteiger partial charge in [0.15, 0.2) is 10.3 Å². The molecule has 2 aromatic carbocycles. The molecule has 4 aromatic rings. The number of rotatable bonds is 5. The number of aromatic nitrogens is 3. The quantitative estimate of drug-likeness (QED) is 0.370. The van der Waals surface area contributed by atoms with Crippen molar-refractivity contribution in [1.82, 2.24) is 15.0 Å².